The van der Waals surface area contributed by atoms with Crippen LogP contribution in [0.25, 0.3) is 10.8 Å². The molecule has 2 aromatic rings. The monoisotopic (exact) mass is 186 g/mol. The maximum Gasteiger partial charge on any atom is 0.284 e. The zero-order valence-corrected chi connectivity index (χ0v) is 6.78. The van der Waals surface area contributed by atoms with Gasteiger partial charge in [-0.15, -0.1) is 10.2 Å². The summed E-state index contributed by atoms with van der Waals surface area (Å²) >= 11 is 5.89. The second kappa shape index (κ2) is 2.51. The molecule has 7 heteroatoms. The number of hydrogen-bond acceptors (Lipinski definition) is 6. The van der Waals surface area contributed by atoms with Gasteiger partial charge in [0.05, 0.1) is 6.20 Å². The maximum atomic E-state index is 5.01. The number of nitrogens with zero attached hydrogens (tertiary/aromatic N) is 3. The molecule has 0 saturated carbocycles. The smallest absolute Gasteiger partial charge is 0.284 e. The first-order valence-electron chi connectivity index (χ1n) is 2.69. The van der Waals surface area contributed by atoms with Crippen LogP contribution in [-0.4, -0.2) is 19.8 Å². The first-order chi connectivity index (χ1) is 5.36. The van der Waals surface area contributed by atoms with E-state index in [1.165, 1.54) is 11.5 Å². The zero-order chi connectivity index (χ0) is 7.68. The lowest BCUT2D eigenvalue weighted by molar-refractivity contribution is 0.553. The lowest BCUT2D eigenvalue weighted by Crippen LogP contribution is -1.70. The molecule has 1 N–H and O–H groups in total. The Balaban J connectivity index is 2.53. The molecule has 2 rings (SSSR count). The quantitative estimate of drug-likeness (QED) is 0.679. The number of aromatic amines is 1. The highest BCUT2D eigenvalue weighted by Gasteiger charge is 2.05. The maximum absolute atomic E-state index is 5.01. The summed E-state index contributed by atoms with van der Waals surface area (Å²) in [6.45, 7) is 0. The van der Waals surface area contributed by atoms with Gasteiger partial charge in [0, 0.05) is 0 Å². The normalized spacial score (nSPS) is 10.2. The summed E-state index contributed by atoms with van der Waals surface area (Å²) in [6, 6.07) is 0. The molecule has 0 radical (unpaired) electrons. The van der Waals surface area contributed by atoms with Crippen LogP contribution in [0.15, 0.2) is 10.6 Å². The molecule has 0 aromatic carbocycles. The molecule has 0 bridgehead atoms. The third kappa shape index (κ3) is 1.19. The van der Waals surface area contributed by atoms with Gasteiger partial charge in [-0.25, -0.2) is 5.10 Å². The van der Waals surface area contributed by atoms with E-state index in [4.69, 9.17) is 4.42 Å². The van der Waals surface area contributed by atoms with Gasteiger partial charge < -0.3 is 4.42 Å². The fourth-order valence-corrected chi connectivity index (χ4v) is 1.16. The Morgan fingerprint density at radius 2 is 2.55 bits per heavy atom. The zero-order valence-electron chi connectivity index (χ0n) is 5.14. The van der Waals surface area contributed by atoms with Gasteiger partial charge in [0.1, 0.15) is 4.88 Å². The molecule has 11 heavy (non-hydrogen) atoms. The van der Waals surface area contributed by atoms with Crippen molar-refractivity contribution in [3.8, 4) is 10.8 Å². The molecule has 0 fully saturated rings. The topological polar surface area (TPSA) is 67.6 Å². The van der Waals surface area contributed by atoms with E-state index < -0.39 is 0 Å². The number of H-pyrrole nitrogens is 1. The van der Waals surface area contributed by atoms with Crippen LogP contribution in [0.3, 0.4) is 0 Å². The van der Waals surface area contributed by atoms with Crippen molar-refractivity contribution >= 4 is 23.8 Å². The summed E-state index contributed by atoms with van der Waals surface area (Å²) in [5, 5.41) is 9.93. The molecule has 2 aromatic heterocycles. The fourth-order valence-electron chi connectivity index (χ4n) is 0.597. The highest BCUT2D eigenvalue weighted by molar-refractivity contribution is 7.71. The Bertz CT molecular complexity index is 388. The summed E-state index contributed by atoms with van der Waals surface area (Å²) in [5.74, 6) is 0.435. The van der Waals surface area contributed by atoms with Crippen molar-refractivity contribution in [3.63, 3.8) is 0 Å². The fraction of sp³-hybridized carbons (Fsp3) is 0. The summed E-state index contributed by atoms with van der Waals surface area (Å²) in [4.78, 5) is 1.02. The standard InChI is InChI=1S/C4H2N4OS2/c10-4-7-6-3(9-4)2-1-5-8-11-2/h1H,(H,7,10). The van der Waals surface area contributed by atoms with Crippen LogP contribution in [0.4, 0.5) is 0 Å². The van der Waals surface area contributed by atoms with E-state index in [9.17, 15) is 0 Å². The van der Waals surface area contributed by atoms with E-state index >= 15 is 0 Å². The third-order valence-corrected chi connectivity index (χ3v) is 1.84. The molecule has 2 heterocycles. The van der Waals surface area contributed by atoms with E-state index in [0.717, 1.165) is 4.88 Å². The number of rotatable bonds is 1. The molecule has 0 unspecified atom stereocenters. The lowest BCUT2D eigenvalue weighted by Gasteiger charge is -1.78. The van der Waals surface area contributed by atoms with E-state index in [1.54, 1.807) is 6.20 Å². The Kier molecular flexibility index (Phi) is 1.51. The van der Waals surface area contributed by atoms with Gasteiger partial charge in [-0.2, -0.15) is 0 Å². The molecule has 0 amide bonds. The van der Waals surface area contributed by atoms with Gasteiger partial charge in [0.15, 0.2) is 0 Å². The predicted molar refractivity (Wildman–Crippen MR) is 40.6 cm³/mol. The minimum absolute atomic E-state index is 0.258. The number of aromatic nitrogens is 4. The number of hydrogen-bond donors (Lipinski definition) is 1. The average molecular weight is 186 g/mol. The highest BCUT2D eigenvalue weighted by atomic mass is 32.1. The Hall–Kier alpha value is -1.08. The molecule has 0 atom stereocenters. The van der Waals surface area contributed by atoms with E-state index in [-0.39, 0.29) is 4.84 Å². The second-order valence-electron chi connectivity index (χ2n) is 1.70. The first kappa shape index (κ1) is 6.62. The lowest BCUT2D eigenvalue weighted by atomic mass is 10.6. The van der Waals surface area contributed by atoms with Crippen LogP contribution in [0.2, 0.25) is 0 Å². The van der Waals surface area contributed by atoms with Gasteiger partial charge in [-0.3, -0.25) is 0 Å². The van der Waals surface area contributed by atoms with Gasteiger partial charge in [0.2, 0.25) is 0 Å². The third-order valence-electron chi connectivity index (χ3n) is 1.01. The van der Waals surface area contributed by atoms with Crippen molar-refractivity contribution in [2.24, 2.45) is 0 Å². The van der Waals surface area contributed by atoms with E-state index in [0.29, 0.717) is 5.89 Å². The van der Waals surface area contributed by atoms with Crippen LogP contribution in [0, 0.1) is 4.84 Å². The summed E-state index contributed by atoms with van der Waals surface area (Å²) in [7, 11) is 0. The van der Waals surface area contributed by atoms with Gasteiger partial charge in [-0.05, 0) is 23.8 Å². The molecule has 0 saturated heterocycles. The van der Waals surface area contributed by atoms with E-state index in [2.05, 4.69) is 32.0 Å². The molecule has 56 valence electrons. The summed E-state index contributed by atoms with van der Waals surface area (Å²) in [5.41, 5.74) is 0. The minimum atomic E-state index is 0.258. The van der Waals surface area contributed by atoms with Crippen LogP contribution in [0.5, 0.6) is 0 Å². The van der Waals surface area contributed by atoms with Crippen molar-refractivity contribution < 1.29 is 4.42 Å². The van der Waals surface area contributed by atoms with Gasteiger partial charge in [-0.1, -0.05) is 4.49 Å². The second-order valence-corrected chi connectivity index (χ2v) is 2.86. The van der Waals surface area contributed by atoms with Crippen molar-refractivity contribution in [3.05, 3.63) is 11.0 Å². The summed E-state index contributed by atoms with van der Waals surface area (Å²) < 4.78 is 8.66. The van der Waals surface area contributed by atoms with Crippen molar-refractivity contribution in [2.45, 2.75) is 0 Å². The average Bonchev–Trinajstić information content (AvgIpc) is 2.55. The highest BCUT2D eigenvalue weighted by Crippen LogP contribution is 2.17. The molecule has 0 aliphatic heterocycles. The van der Waals surface area contributed by atoms with Crippen molar-refractivity contribution in [1.82, 2.24) is 19.8 Å². The molecule has 0 aliphatic rings. The van der Waals surface area contributed by atoms with Crippen molar-refractivity contribution in [2.75, 3.05) is 0 Å². The van der Waals surface area contributed by atoms with Gasteiger partial charge in [0.25, 0.3) is 10.7 Å². The minimum Gasteiger partial charge on any atom is -0.408 e. The molecule has 0 aliphatic carbocycles. The first-order valence-corrected chi connectivity index (χ1v) is 3.87. The van der Waals surface area contributed by atoms with Crippen LogP contribution < -0.4 is 0 Å². The molecule has 0 spiro atoms. The largest absolute Gasteiger partial charge is 0.408 e. The Morgan fingerprint density at radius 3 is 3.09 bits per heavy atom. The Labute approximate surface area is 70.2 Å². The molecular weight excluding hydrogens is 184 g/mol. The van der Waals surface area contributed by atoms with E-state index in [1.807, 2.05) is 0 Å². The molecule has 5 nitrogen and oxygen atoms in total. The van der Waals surface area contributed by atoms with Gasteiger partial charge >= 0.3 is 0 Å². The SMILES string of the molecule is S=c1[nH]nc(-c2cnns2)o1. The van der Waals surface area contributed by atoms with Crippen molar-refractivity contribution in [1.29, 1.82) is 0 Å². The Morgan fingerprint density at radius 1 is 1.64 bits per heavy atom. The predicted octanol–water partition coefficient (Wildman–Crippen LogP) is 1.25. The number of nitrogens with one attached hydrogen (secondary N) is 1. The van der Waals surface area contributed by atoms with Crippen LogP contribution >= 0.6 is 23.8 Å². The molecular formula is C4H2N4OS2. The van der Waals surface area contributed by atoms with Crippen LogP contribution in [0.1, 0.15) is 0 Å². The van der Waals surface area contributed by atoms with Crippen LogP contribution in [-0.2, 0) is 0 Å². The summed E-state index contributed by atoms with van der Waals surface area (Å²) in [6.07, 6.45) is 1.57.